The van der Waals surface area contributed by atoms with Crippen molar-refractivity contribution in [2.24, 2.45) is 5.41 Å². The first-order valence-electron chi connectivity index (χ1n) is 7.27. The number of carbonyl (C=O) groups is 2. The predicted octanol–water partition coefficient (Wildman–Crippen LogP) is 2.26. The first kappa shape index (κ1) is 17.8. The van der Waals surface area contributed by atoms with Crippen LogP contribution in [0.2, 0.25) is 0 Å². The summed E-state index contributed by atoms with van der Waals surface area (Å²) in [7, 11) is 0. The molecule has 0 bridgehead atoms. The van der Waals surface area contributed by atoms with Gasteiger partial charge >= 0.3 is 12.1 Å². The van der Waals surface area contributed by atoms with Crippen LogP contribution in [0.4, 0.5) is 4.79 Å². The fraction of sp³-hybridized carbons (Fsp3) is 0.867. The second kappa shape index (κ2) is 6.64. The molecule has 6 heteroatoms. The minimum absolute atomic E-state index is 0.234. The Kier molecular flexibility index (Phi) is 5.61. The fourth-order valence-electron chi connectivity index (χ4n) is 1.89. The molecule has 0 radical (unpaired) electrons. The molecule has 0 aliphatic carbocycles. The third-order valence-corrected chi connectivity index (χ3v) is 2.93. The summed E-state index contributed by atoms with van der Waals surface area (Å²) in [4.78, 5) is 24.2. The van der Waals surface area contributed by atoms with Crippen LogP contribution in [-0.2, 0) is 19.0 Å². The third-order valence-electron chi connectivity index (χ3n) is 2.93. The first-order valence-corrected chi connectivity index (χ1v) is 7.27. The van der Waals surface area contributed by atoms with Crippen LogP contribution in [-0.4, -0.2) is 43.0 Å². The standard InChI is InChI=1S/C15H27NO5/c1-14(2,3)11(16-13(18)21-15(4,5)6)12(17)20-10-7-8-19-9-10/h10-11H,7-9H2,1-6H3,(H,16,18)/t10?,11-/m1/s1. The quantitative estimate of drug-likeness (QED) is 0.809. The lowest BCUT2D eigenvalue weighted by molar-refractivity contribution is -0.154. The lowest BCUT2D eigenvalue weighted by Crippen LogP contribution is -2.51. The normalized spacial score (nSPS) is 20.8. The van der Waals surface area contributed by atoms with Crippen molar-refractivity contribution in [1.29, 1.82) is 0 Å². The maximum absolute atomic E-state index is 12.3. The zero-order valence-corrected chi connectivity index (χ0v) is 13.8. The maximum Gasteiger partial charge on any atom is 0.408 e. The number of nitrogens with one attached hydrogen (secondary N) is 1. The molecule has 1 aliphatic heterocycles. The van der Waals surface area contributed by atoms with Crippen molar-refractivity contribution in [3.63, 3.8) is 0 Å². The molecule has 0 aromatic carbocycles. The Bertz CT molecular complexity index is 375. The molecule has 1 saturated heterocycles. The smallest absolute Gasteiger partial charge is 0.408 e. The molecule has 0 spiro atoms. The molecular weight excluding hydrogens is 274 g/mol. The van der Waals surface area contributed by atoms with E-state index in [0.717, 1.165) is 0 Å². The lowest BCUT2D eigenvalue weighted by atomic mass is 9.87. The molecule has 1 fully saturated rings. The van der Waals surface area contributed by atoms with Gasteiger partial charge < -0.3 is 19.5 Å². The molecule has 0 saturated carbocycles. The van der Waals surface area contributed by atoms with Crippen LogP contribution in [0.1, 0.15) is 48.0 Å². The summed E-state index contributed by atoms with van der Waals surface area (Å²) < 4.78 is 15.8. The van der Waals surface area contributed by atoms with Gasteiger partial charge in [-0.25, -0.2) is 9.59 Å². The number of hydrogen-bond donors (Lipinski definition) is 1. The molecule has 1 N–H and O–H groups in total. The number of rotatable bonds is 3. The Morgan fingerprint density at radius 1 is 1.19 bits per heavy atom. The number of amides is 1. The lowest BCUT2D eigenvalue weighted by Gasteiger charge is -2.31. The van der Waals surface area contributed by atoms with Gasteiger partial charge in [0.25, 0.3) is 0 Å². The van der Waals surface area contributed by atoms with Crippen LogP contribution in [0.5, 0.6) is 0 Å². The highest BCUT2D eigenvalue weighted by Crippen LogP contribution is 2.22. The molecule has 1 aliphatic rings. The number of hydrogen-bond acceptors (Lipinski definition) is 5. The summed E-state index contributed by atoms with van der Waals surface area (Å²) in [5, 5.41) is 2.61. The Labute approximate surface area is 126 Å². The molecule has 1 amide bonds. The van der Waals surface area contributed by atoms with E-state index in [4.69, 9.17) is 14.2 Å². The van der Waals surface area contributed by atoms with Crippen molar-refractivity contribution >= 4 is 12.1 Å². The topological polar surface area (TPSA) is 73.9 Å². The summed E-state index contributed by atoms with van der Waals surface area (Å²) in [6, 6.07) is -0.770. The number of alkyl carbamates (subject to hydrolysis) is 1. The van der Waals surface area contributed by atoms with E-state index in [1.807, 2.05) is 20.8 Å². The van der Waals surface area contributed by atoms with Crippen LogP contribution in [0.25, 0.3) is 0 Å². The van der Waals surface area contributed by atoms with Gasteiger partial charge in [-0.15, -0.1) is 0 Å². The number of ether oxygens (including phenoxy) is 3. The van der Waals surface area contributed by atoms with Gasteiger partial charge in [-0.05, 0) is 26.2 Å². The third kappa shape index (κ3) is 6.33. The van der Waals surface area contributed by atoms with Crippen molar-refractivity contribution in [3.05, 3.63) is 0 Å². The number of esters is 1. The summed E-state index contributed by atoms with van der Waals surface area (Å²) in [6.45, 7) is 11.9. The molecule has 1 heterocycles. The summed E-state index contributed by atoms with van der Waals surface area (Å²) in [6.07, 6.45) is -0.167. The van der Waals surface area contributed by atoms with Gasteiger partial charge in [0.2, 0.25) is 0 Å². The molecular formula is C15H27NO5. The Hall–Kier alpha value is -1.30. The van der Waals surface area contributed by atoms with Crippen LogP contribution < -0.4 is 5.32 Å². The Balaban J connectivity index is 2.67. The van der Waals surface area contributed by atoms with Crippen molar-refractivity contribution in [2.75, 3.05) is 13.2 Å². The second-order valence-electron chi connectivity index (χ2n) is 7.37. The van der Waals surface area contributed by atoms with Gasteiger partial charge in [0.1, 0.15) is 17.7 Å². The maximum atomic E-state index is 12.3. The molecule has 0 aromatic heterocycles. The van der Waals surface area contributed by atoms with E-state index >= 15 is 0 Å². The molecule has 1 rings (SSSR count). The van der Waals surface area contributed by atoms with Crippen LogP contribution in [0.3, 0.4) is 0 Å². The second-order valence-corrected chi connectivity index (χ2v) is 7.37. The van der Waals surface area contributed by atoms with Gasteiger partial charge in [-0.2, -0.15) is 0 Å². The van der Waals surface area contributed by atoms with E-state index in [1.165, 1.54) is 0 Å². The average molecular weight is 301 g/mol. The SMILES string of the molecule is CC(C)(C)OC(=O)N[C@H](C(=O)OC1CCOC1)C(C)(C)C. The van der Waals surface area contributed by atoms with Gasteiger partial charge in [0.15, 0.2) is 0 Å². The molecule has 21 heavy (non-hydrogen) atoms. The minimum Gasteiger partial charge on any atom is -0.458 e. The van der Waals surface area contributed by atoms with Crippen molar-refractivity contribution < 1.29 is 23.8 Å². The van der Waals surface area contributed by atoms with Gasteiger partial charge in [0, 0.05) is 6.42 Å². The van der Waals surface area contributed by atoms with Crippen molar-refractivity contribution in [1.82, 2.24) is 5.32 Å². The predicted molar refractivity (Wildman–Crippen MR) is 77.9 cm³/mol. The zero-order valence-electron chi connectivity index (χ0n) is 13.8. The van der Waals surface area contributed by atoms with E-state index < -0.39 is 29.1 Å². The molecule has 1 unspecified atom stereocenters. The van der Waals surface area contributed by atoms with Gasteiger partial charge in [0.05, 0.1) is 13.2 Å². The van der Waals surface area contributed by atoms with E-state index in [0.29, 0.717) is 19.6 Å². The highest BCUT2D eigenvalue weighted by molar-refractivity contribution is 5.82. The van der Waals surface area contributed by atoms with Crippen molar-refractivity contribution in [2.45, 2.75) is 65.7 Å². The first-order chi connectivity index (χ1) is 9.49. The van der Waals surface area contributed by atoms with Gasteiger partial charge in [-0.1, -0.05) is 20.8 Å². The van der Waals surface area contributed by atoms with Crippen LogP contribution >= 0.6 is 0 Å². The average Bonchev–Trinajstić information content (AvgIpc) is 2.74. The van der Waals surface area contributed by atoms with Crippen molar-refractivity contribution in [3.8, 4) is 0 Å². The summed E-state index contributed by atoms with van der Waals surface area (Å²) >= 11 is 0. The molecule has 2 atom stereocenters. The Morgan fingerprint density at radius 3 is 2.24 bits per heavy atom. The van der Waals surface area contributed by atoms with Crippen LogP contribution in [0.15, 0.2) is 0 Å². The molecule has 0 aromatic rings. The Morgan fingerprint density at radius 2 is 1.81 bits per heavy atom. The molecule has 122 valence electrons. The zero-order chi connectivity index (χ0) is 16.3. The highest BCUT2D eigenvalue weighted by atomic mass is 16.6. The highest BCUT2D eigenvalue weighted by Gasteiger charge is 2.37. The fourth-order valence-corrected chi connectivity index (χ4v) is 1.89. The van der Waals surface area contributed by atoms with E-state index in [1.54, 1.807) is 20.8 Å². The summed E-state index contributed by atoms with van der Waals surface area (Å²) in [5.41, 5.74) is -1.09. The van der Waals surface area contributed by atoms with E-state index in [-0.39, 0.29) is 6.10 Å². The largest absolute Gasteiger partial charge is 0.458 e. The summed E-state index contributed by atoms with van der Waals surface area (Å²) in [5.74, 6) is -0.455. The van der Waals surface area contributed by atoms with Crippen LogP contribution in [0, 0.1) is 5.41 Å². The number of carbonyl (C=O) groups excluding carboxylic acids is 2. The van der Waals surface area contributed by atoms with E-state index in [9.17, 15) is 9.59 Å². The van der Waals surface area contributed by atoms with E-state index in [2.05, 4.69) is 5.32 Å². The minimum atomic E-state index is -0.770. The monoisotopic (exact) mass is 301 g/mol. The van der Waals surface area contributed by atoms with Gasteiger partial charge in [-0.3, -0.25) is 0 Å². The molecule has 6 nitrogen and oxygen atoms in total.